The number of para-hydroxylation sites is 8. The molecule has 15 aromatic rings. The van der Waals surface area contributed by atoms with Crippen LogP contribution in [0.25, 0.3) is 121 Å². The lowest BCUT2D eigenvalue weighted by Crippen LogP contribution is -1.98. The summed E-state index contributed by atoms with van der Waals surface area (Å²) in [6, 6.07) is -11.6. The summed E-state index contributed by atoms with van der Waals surface area (Å²) in [5, 5.41) is -0.944. The molecule has 0 radical (unpaired) electrons. The number of benzene rings is 11. The molecule has 4 aromatic heterocycles. The van der Waals surface area contributed by atoms with Crippen LogP contribution >= 0.6 is 0 Å². The van der Waals surface area contributed by atoms with Crippen molar-refractivity contribution < 1.29 is 49.3 Å². The fourth-order valence-corrected chi connectivity index (χ4v) is 8.84. The van der Waals surface area contributed by atoms with Gasteiger partial charge < -0.3 is 18.3 Å². The molecule has 0 amide bonds. The zero-order chi connectivity index (χ0) is 77.5. The molecular formula is C66H44N4. The lowest BCUT2D eigenvalue weighted by atomic mass is 10.0. The first-order valence-corrected chi connectivity index (χ1v) is 21.1. The predicted molar refractivity (Wildman–Crippen MR) is 296 cm³/mol. The second-order valence-electron chi connectivity index (χ2n) is 15.4. The molecule has 0 spiro atoms. The molecule has 0 saturated heterocycles. The second kappa shape index (κ2) is 16.2. The van der Waals surface area contributed by atoms with Gasteiger partial charge in [-0.15, -0.1) is 0 Å². The van der Waals surface area contributed by atoms with Gasteiger partial charge in [-0.1, -0.05) is 175 Å². The van der Waals surface area contributed by atoms with Crippen molar-refractivity contribution in [1.82, 2.24) is 18.3 Å². The van der Waals surface area contributed by atoms with Crippen molar-refractivity contribution in [3.63, 3.8) is 0 Å². The minimum Gasteiger partial charge on any atom is -0.309 e. The van der Waals surface area contributed by atoms with Crippen LogP contribution in [0.4, 0.5) is 0 Å². The molecule has 0 saturated carbocycles. The Balaban J connectivity index is 0.000000188. The smallest absolute Gasteiger partial charge is 0.0651 e. The lowest BCUT2D eigenvalue weighted by molar-refractivity contribution is 1.13. The third-order valence-corrected chi connectivity index (χ3v) is 11.7. The molecule has 4 heteroatoms. The van der Waals surface area contributed by atoms with Crippen LogP contribution in [-0.2, 0) is 0 Å². The Bertz CT molecular complexity index is 5970. The highest BCUT2D eigenvalue weighted by Gasteiger charge is 2.17. The SMILES string of the molecule is [2H]c1c([2H])c(-c2c([2H])c([2H])c([2H])c(-n3c4c([2H])c([2H])c([2H])c([2H])c4c4c([2H])c([2H])c([2H])c([2H])c43)c2[2H])c([2H])c(-n2c3c([2H])c([2H])c([2H])c([2H])c3c3c([2H])c([2H])c([2H])c([2H])c32)c1[2H].[2H]c1cc2c(c([2H])c1[2H])c1c([2H])c([2H])c([2H])cc1n2-c1cccc(-n2c3cc([2H])c([2H])c([2H])c3c3c([2H])c([2H])c([2H])cc32)c1. The van der Waals surface area contributed by atoms with E-state index in [4.69, 9.17) is 46.6 Å². The van der Waals surface area contributed by atoms with Crippen molar-refractivity contribution in [3.8, 4) is 33.9 Å². The summed E-state index contributed by atoms with van der Waals surface area (Å²) in [5.41, 5.74) is -3.24. The largest absolute Gasteiger partial charge is 0.309 e. The predicted octanol–water partition coefficient (Wildman–Crippen LogP) is 17.4. The van der Waals surface area contributed by atoms with E-state index in [-0.39, 0.29) is 94.1 Å². The lowest BCUT2D eigenvalue weighted by Gasteiger charge is -2.12. The van der Waals surface area contributed by atoms with Gasteiger partial charge in [-0.05, 0) is 102 Å². The highest BCUT2D eigenvalue weighted by molar-refractivity contribution is 6.12. The molecule has 328 valence electrons. The quantitative estimate of drug-likeness (QED) is 0.164. The highest BCUT2D eigenvalue weighted by atomic mass is 15.0. The first kappa shape index (κ1) is 17.9. The molecular weight excluding hydrogens is 849 g/mol. The molecule has 0 bridgehead atoms. The van der Waals surface area contributed by atoms with E-state index in [9.17, 15) is 2.74 Å². The first-order valence-electron chi connectivity index (χ1n) is 39.1. The van der Waals surface area contributed by atoms with Crippen molar-refractivity contribution >= 4 is 87.2 Å². The number of rotatable bonds is 5. The number of hydrogen-bond donors (Lipinski definition) is 0. The Labute approximate surface area is 454 Å². The standard InChI is InChI=1S/C36H24N2.C30H20N2/c1-5-19-33-29(15-1)30-16-2-6-20-34(30)37(33)27-13-9-11-25(23-27)26-12-10-14-28(24-26)38-35-21-7-3-17-31(35)32-18-4-8-22-36(32)38;1-5-16-27-23(12-1)24-13-2-6-17-28(24)31(27)21-10-9-11-22(20-21)32-29-18-7-3-14-25(29)26-15-4-8-19-30(26)32/h1-24H;1-20H/i1D,2D,3D,4D,5D,6D,7D,8D,9D,10D,11D,12D,13D,14D,15D,16D,17D,18D,19D,20D,21D,22D,23D,24D;1D,2D,3D,4D,5D,6D,7D,8D,12D,13D,14D,15D. The number of hydrogen-bond acceptors (Lipinski definition) is 0. The molecule has 0 aliphatic carbocycles. The van der Waals surface area contributed by atoms with Gasteiger partial charge in [-0.2, -0.15) is 0 Å². The molecule has 11 aromatic carbocycles. The average molecular weight is 929 g/mol. The summed E-state index contributed by atoms with van der Waals surface area (Å²) in [4.78, 5) is 0. The summed E-state index contributed by atoms with van der Waals surface area (Å²) in [6.45, 7) is 0. The van der Waals surface area contributed by atoms with Crippen molar-refractivity contribution in [2.75, 3.05) is 0 Å². The van der Waals surface area contributed by atoms with E-state index >= 15 is 0 Å². The summed E-state index contributed by atoms with van der Waals surface area (Å²) in [6.07, 6.45) is 0. The van der Waals surface area contributed by atoms with E-state index in [0.29, 0.717) is 33.4 Å². The molecule has 70 heavy (non-hydrogen) atoms. The maximum atomic E-state index is 9.57. The molecule has 4 nitrogen and oxygen atoms in total. The van der Waals surface area contributed by atoms with Crippen molar-refractivity contribution in [1.29, 1.82) is 0 Å². The van der Waals surface area contributed by atoms with Gasteiger partial charge in [-0.25, -0.2) is 0 Å². The minimum atomic E-state index is -1.02. The minimum absolute atomic E-state index is 0.205. The molecule has 0 atom stereocenters. The Morgan fingerprint density at radius 3 is 0.829 bits per heavy atom. The van der Waals surface area contributed by atoms with Crippen LogP contribution in [-0.4, -0.2) is 18.3 Å². The monoisotopic (exact) mass is 929 g/mol. The van der Waals surface area contributed by atoms with Gasteiger partial charge in [0.25, 0.3) is 0 Å². The van der Waals surface area contributed by atoms with Gasteiger partial charge in [0.2, 0.25) is 0 Å². The van der Waals surface area contributed by atoms with E-state index < -0.39 is 211 Å². The molecule has 0 aliphatic rings. The number of nitrogens with zero attached hydrogens (tertiary/aromatic N) is 4. The molecule has 0 fully saturated rings. The summed E-state index contributed by atoms with van der Waals surface area (Å²) in [7, 11) is 0. The van der Waals surface area contributed by atoms with Gasteiger partial charge >= 0.3 is 0 Å². The van der Waals surface area contributed by atoms with Crippen LogP contribution in [0.3, 0.4) is 0 Å². The average Bonchev–Trinajstić information content (AvgIpc) is 1.55. The maximum Gasteiger partial charge on any atom is 0.0651 e. The molecule has 0 aliphatic heterocycles. The Morgan fingerprint density at radius 2 is 0.500 bits per heavy atom. The normalized spacial score (nSPS) is 18.9. The third kappa shape index (κ3) is 6.24. The van der Waals surface area contributed by atoms with Crippen LogP contribution in [0.5, 0.6) is 0 Å². The summed E-state index contributed by atoms with van der Waals surface area (Å²) < 4.78 is 316. The highest BCUT2D eigenvalue weighted by Crippen LogP contribution is 2.38. The molecule has 4 heterocycles. The second-order valence-corrected chi connectivity index (χ2v) is 15.4. The van der Waals surface area contributed by atoms with E-state index in [1.165, 1.54) is 24.3 Å². The van der Waals surface area contributed by atoms with Gasteiger partial charge in [0.1, 0.15) is 0 Å². The summed E-state index contributed by atoms with van der Waals surface area (Å²) in [5.74, 6) is 0. The van der Waals surface area contributed by atoms with Gasteiger partial charge in [0.05, 0.1) is 93.5 Å². The van der Waals surface area contributed by atoms with Gasteiger partial charge in [0.15, 0.2) is 0 Å². The fourth-order valence-electron chi connectivity index (χ4n) is 8.84. The van der Waals surface area contributed by atoms with E-state index in [1.807, 2.05) is 0 Å². The molecule has 0 N–H and O–H groups in total. The van der Waals surface area contributed by atoms with Crippen LogP contribution in [0.15, 0.2) is 266 Å². The number of aromatic nitrogens is 4. The van der Waals surface area contributed by atoms with Gasteiger partial charge in [0, 0.05) is 65.8 Å². The van der Waals surface area contributed by atoms with E-state index in [2.05, 4.69) is 0 Å². The zero-order valence-corrected chi connectivity index (χ0v) is 35.4. The van der Waals surface area contributed by atoms with Crippen molar-refractivity contribution in [3.05, 3.63) is 266 Å². The van der Waals surface area contributed by atoms with E-state index in [0.717, 1.165) is 9.13 Å². The van der Waals surface area contributed by atoms with Crippen LogP contribution in [0.1, 0.15) is 49.3 Å². The fraction of sp³-hybridized carbons (Fsp3) is 0. The Kier molecular flexibility index (Phi) is 4.14. The van der Waals surface area contributed by atoms with Crippen LogP contribution in [0, 0.1) is 0 Å². The topological polar surface area (TPSA) is 19.7 Å². The van der Waals surface area contributed by atoms with Crippen LogP contribution < -0.4 is 0 Å². The third-order valence-electron chi connectivity index (χ3n) is 11.7. The van der Waals surface area contributed by atoms with Crippen LogP contribution in [0.2, 0.25) is 0 Å². The summed E-state index contributed by atoms with van der Waals surface area (Å²) >= 11 is 0. The first-order chi connectivity index (χ1) is 49.7. The number of fused-ring (bicyclic) bond motifs is 12. The molecule has 0 unspecified atom stereocenters. The van der Waals surface area contributed by atoms with Gasteiger partial charge in [-0.3, -0.25) is 0 Å². The maximum absolute atomic E-state index is 9.57. The Hall–Kier alpha value is -9.38. The van der Waals surface area contributed by atoms with Crippen molar-refractivity contribution in [2.24, 2.45) is 0 Å². The van der Waals surface area contributed by atoms with E-state index in [1.54, 1.807) is 33.4 Å². The zero-order valence-electron chi connectivity index (χ0n) is 71.4. The Morgan fingerprint density at radius 1 is 0.229 bits per heavy atom. The van der Waals surface area contributed by atoms with Crippen molar-refractivity contribution in [2.45, 2.75) is 0 Å². The molecule has 15 rings (SSSR count).